The first-order valence-corrected chi connectivity index (χ1v) is 7.74. The normalized spacial score (nSPS) is 25.7. The fourth-order valence-electron chi connectivity index (χ4n) is 2.58. The minimum absolute atomic E-state index is 0.385. The highest BCUT2D eigenvalue weighted by molar-refractivity contribution is 4.78. The van der Waals surface area contributed by atoms with E-state index in [2.05, 4.69) is 37.9 Å². The number of nitrogens with one attached hydrogen (secondary N) is 1. The lowest BCUT2D eigenvalue weighted by atomic mass is 9.98. The zero-order chi connectivity index (χ0) is 13.4. The monoisotopic (exact) mass is 256 g/mol. The van der Waals surface area contributed by atoms with Crippen molar-refractivity contribution in [3.05, 3.63) is 0 Å². The van der Waals surface area contributed by atoms with E-state index in [0.717, 1.165) is 25.6 Å². The molecule has 3 nitrogen and oxygen atoms in total. The molecule has 0 bridgehead atoms. The van der Waals surface area contributed by atoms with Crippen LogP contribution in [0.15, 0.2) is 0 Å². The Morgan fingerprint density at radius 3 is 2.83 bits per heavy atom. The Morgan fingerprint density at radius 2 is 2.17 bits per heavy atom. The van der Waals surface area contributed by atoms with Crippen LogP contribution in [-0.4, -0.2) is 49.8 Å². The number of hydrogen-bond acceptors (Lipinski definition) is 3. The van der Waals surface area contributed by atoms with Crippen molar-refractivity contribution in [2.75, 3.05) is 32.8 Å². The first kappa shape index (κ1) is 15.9. The van der Waals surface area contributed by atoms with Crippen molar-refractivity contribution in [1.82, 2.24) is 10.2 Å². The van der Waals surface area contributed by atoms with Crippen LogP contribution in [-0.2, 0) is 4.74 Å². The fourth-order valence-corrected chi connectivity index (χ4v) is 2.58. The van der Waals surface area contributed by atoms with E-state index < -0.39 is 0 Å². The first-order valence-electron chi connectivity index (χ1n) is 7.74. The SMILES string of the molecule is CCCNC(CN1CCCOC(C)C1)C(C)CC. The Labute approximate surface area is 113 Å². The van der Waals surface area contributed by atoms with Gasteiger partial charge in [-0.1, -0.05) is 27.2 Å². The summed E-state index contributed by atoms with van der Waals surface area (Å²) in [6.45, 7) is 14.6. The molecule has 1 heterocycles. The molecule has 108 valence electrons. The van der Waals surface area contributed by atoms with Crippen LogP contribution in [0.25, 0.3) is 0 Å². The summed E-state index contributed by atoms with van der Waals surface area (Å²) in [4.78, 5) is 2.58. The number of rotatable bonds is 7. The third kappa shape index (κ3) is 5.68. The van der Waals surface area contributed by atoms with E-state index in [1.54, 1.807) is 0 Å². The summed E-state index contributed by atoms with van der Waals surface area (Å²) in [5.74, 6) is 0.746. The summed E-state index contributed by atoms with van der Waals surface area (Å²) in [5.41, 5.74) is 0. The van der Waals surface area contributed by atoms with Gasteiger partial charge in [-0.25, -0.2) is 0 Å². The van der Waals surface area contributed by atoms with Crippen molar-refractivity contribution in [1.29, 1.82) is 0 Å². The molecule has 3 heteroatoms. The van der Waals surface area contributed by atoms with Gasteiger partial charge in [0, 0.05) is 32.3 Å². The van der Waals surface area contributed by atoms with Crippen LogP contribution in [0.3, 0.4) is 0 Å². The van der Waals surface area contributed by atoms with Crippen molar-refractivity contribution in [2.45, 2.75) is 59.1 Å². The molecular formula is C15H32N2O. The van der Waals surface area contributed by atoms with Gasteiger partial charge in [0.1, 0.15) is 0 Å². The average molecular weight is 256 g/mol. The topological polar surface area (TPSA) is 24.5 Å². The zero-order valence-electron chi connectivity index (χ0n) is 12.7. The first-order chi connectivity index (χ1) is 8.67. The quantitative estimate of drug-likeness (QED) is 0.757. The highest BCUT2D eigenvalue weighted by atomic mass is 16.5. The molecule has 3 atom stereocenters. The predicted octanol–water partition coefficient (Wildman–Crippen LogP) is 2.51. The Hall–Kier alpha value is -0.120. The maximum absolute atomic E-state index is 5.72. The van der Waals surface area contributed by atoms with Crippen LogP contribution < -0.4 is 5.32 Å². The molecule has 0 aromatic heterocycles. The molecule has 1 rings (SSSR count). The second kappa shape index (κ2) is 8.89. The van der Waals surface area contributed by atoms with E-state index >= 15 is 0 Å². The van der Waals surface area contributed by atoms with Crippen molar-refractivity contribution < 1.29 is 4.74 Å². The van der Waals surface area contributed by atoms with Gasteiger partial charge in [0.05, 0.1) is 6.10 Å². The molecule has 0 amide bonds. The van der Waals surface area contributed by atoms with Gasteiger partial charge >= 0.3 is 0 Å². The van der Waals surface area contributed by atoms with E-state index in [1.807, 2.05) is 0 Å². The molecule has 3 unspecified atom stereocenters. The highest BCUT2D eigenvalue weighted by Gasteiger charge is 2.21. The highest BCUT2D eigenvalue weighted by Crippen LogP contribution is 2.12. The maximum Gasteiger partial charge on any atom is 0.0673 e. The summed E-state index contributed by atoms with van der Waals surface area (Å²) in [6.07, 6.45) is 4.02. The second-order valence-electron chi connectivity index (χ2n) is 5.74. The van der Waals surface area contributed by atoms with Gasteiger partial charge in [-0.2, -0.15) is 0 Å². The van der Waals surface area contributed by atoms with Crippen LogP contribution in [0.1, 0.15) is 47.0 Å². The lowest BCUT2D eigenvalue weighted by Crippen LogP contribution is -2.46. The molecule has 1 N–H and O–H groups in total. The van der Waals surface area contributed by atoms with E-state index in [9.17, 15) is 0 Å². The van der Waals surface area contributed by atoms with E-state index in [4.69, 9.17) is 4.74 Å². The average Bonchev–Trinajstić information content (AvgIpc) is 2.57. The Bertz CT molecular complexity index is 211. The second-order valence-corrected chi connectivity index (χ2v) is 5.74. The van der Waals surface area contributed by atoms with Crippen molar-refractivity contribution in [3.8, 4) is 0 Å². The number of ether oxygens (including phenoxy) is 1. The smallest absolute Gasteiger partial charge is 0.0673 e. The van der Waals surface area contributed by atoms with Crippen molar-refractivity contribution >= 4 is 0 Å². The van der Waals surface area contributed by atoms with E-state index in [-0.39, 0.29) is 0 Å². The number of nitrogens with zero attached hydrogens (tertiary/aromatic N) is 1. The zero-order valence-corrected chi connectivity index (χ0v) is 12.7. The number of hydrogen-bond donors (Lipinski definition) is 1. The van der Waals surface area contributed by atoms with Crippen LogP contribution in [0.4, 0.5) is 0 Å². The minimum atomic E-state index is 0.385. The molecule has 1 fully saturated rings. The summed E-state index contributed by atoms with van der Waals surface area (Å²) in [7, 11) is 0. The van der Waals surface area contributed by atoms with Crippen molar-refractivity contribution in [2.24, 2.45) is 5.92 Å². The van der Waals surface area contributed by atoms with Gasteiger partial charge in [-0.3, -0.25) is 4.90 Å². The Kier molecular flexibility index (Phi) is 7.87. The van der Waals surface area contributed by atoms with Crippen LogP contribution in [0.5, 0.6) is 0 Å². The molecular weight excluding hydrogens is 224 g/mol. The summed E-state index contributed by atoms with van der Waals surface area (Å²) in [5, 5.41) is 3.72. The van der Waals surface area contributed by atoms with Crippen LogP contribution in [0.2, 0.25) is 0 Å². The predicted molar refractivity (Wildman–Crippen MR) is 78.0 cm³/mol. The molecule has 0 spiro atoms. The minimum Gasteiger partial charge on any atom is -0.377 e. The van der Waals surface area contributed by atoms with Crippen LogP contribution in [0, 0.1) is 5.92 Å². The standard InChI is InChI=1S/C15H32N2O/c1-5-8-16-15(13(3)6-2)12-17-9-7-10-18-14(4)11-17/h13-16H,5-12H2,1-4H3. The van der Waals surface area contributed by atoms with Gasteiger partial charge in [0.15, 0.2) is 0 Å². The Morgan fingerprint density at radius 1 is 1.39 bits per heavy atom. The van der Waals surface area contributed by atoms with E-state index in [0.29, 0.717) is 12.1 Å². The molecule has 18 heavy (non-hydrogen) atoms. The maximum atomic E-state index is 5.72. The Balaban J connectivity index is 2.46. The summed E-state index contributed by atoms with van der Waals surface area (Å²) in [6, 6.07) is 0.625. The molecule has 0 aromatic carbocycles. The van der Waals surface area contributed by atoms with Crippen molar-refractivity contribution in [3.63, 3.8) is 0 Å². The van der Waals surface area contributed by atoms with Gasteiger partial charge in [-0.15, -0.1) is 0 Å². The van der Waals surface area contributed by atoms with E-state index in [1.165, 1.54) is 32.4 Å². The molecule has 1 saturated heterocycles. The van der Waals surface area contributed by atoms with Gasteiger partial charge in [0.25, 0.3) is 0 Å². The fraction of sp³-hybridized carbons (Fsp3) is 1.00. The molecule has 1 aliphatic heterocycles. The summed E-state index contributed by atoms with van der Waals surface area (Å²) < 4.78 is 5.72. The van der Waals surface area contributed by atoms with Gasteiger partial charge < -0.3 is 10.1 Å². The molecule has 0 aromatic rings. The molecule has 0 aliphatic carbocycles. The van der Waals surface area contributed by atoms with Gasteiger partial charge in [0.2, 0.25) is 0 Å². The lowest BCUT2D eigenvalue weighted by molar-refractivity contribution is 0.0652. The third-order valence-electron chi connectivity index (χ3n) is 3.98. The third-order valence-corrected chi connectivity index (χ3v) is 3.98. The molecule has 1 aliphatic rings. The largest absolute Gasteiger partial charge is 0.377 e. The lowest BCUT2D eigenvalue weighted by Gasteiger charge is -2.31. The molecule has 0 saturated carbocycles. The van der Waals surface area contributed by atoms with Crippen LogP contribution >= 0.6 is 0 Å². The summed E-state index contributed by atoms with van der Waals surface area (Å²) >= 11 is 0. The molecule has 0 radical (unpaired) electrons. The van der Waals surface area contributed by atoms with Gasteiger partial charge in [-0.05, 0) is 32.2 Å².